The summed E-state index contributed by atoms with van der Waals surface area (Å²) < 4.78 is 36.5. The predicted octanol–water partition coefficient (Wildman–Crippen LogP) is 1.00. The van der Waals surface area contributed by atoms with E-state index in [0.29, 0.717) is 5.82 Å². The second-order valence-corrected chi connectivity index (χ2v) is 2.68. The number of aromatic nitrogens is 2. The normalized spacial score (nSPS) is 12.0. The van der Waals surface area contributed by atoms with Gasteiger partial charge in [-0.25, -0.2) is 4.98 Å². The van der Waals surface area contributed by atoms with Crippen LogP contribution in [-0.2, 0) is 18.4 Å². The van der Waals surface area contributed by atoms with Gasteiger partial charge in [-0.1, -0.05) is 0 Å². The summed E-state index contributed by atoms with van der Waals surface area (Å²) in [5, 5.41) is 0. The molecule has 0 bridgehead atoms. The smallest absolute Gasteiger partial charge is 0.337 e. The molecule has 0 fully saturated rings. The number of hydrogen-bond acceptors (Lipinski definition) is 3. The Balaban J connectivity index is 2.20. The van der Waals surface area contributed by atoms with Gasteiger partial charge in [-0.05, 0) is 0 Å². The molecule has 4 nitrogen and oxygen atoms in total. The van der Waals surface area contributed by atoms with Crippen LogP contribution in [0.5, 0.6) is 0 Å². The van der Waals surface area contributed by atoms with Crippen molar-refractivity contribution in [1.82, 2.24) is 15.0 Å². The van der Waals surface area contributed by atoms with Gasteiger partial charge in [0, 0.05) is 19.4 Å². The molecule has 0 aromatic carbocycles. The largest absolute Gasteiger partial charge is 0.413 e. The van der Waals surface area contributed by atoms with Crippen molar-refractivity contribution in [2.75, 3.05) is 6.61 Å². The van der Waals surface area contributed by atoms with Crippen LogP contribution >= 0.6 is 0 Å². The van der Waals surface area contributed by atoms with Crippen LogP contribution in [-0.4, -0.2) is 22.3 Å². The van der Waals surface area contributed by atoms with Crippen molar-refractivity contribution in [3.8, 4) is 0 Å². The van der Waals surface area contributed by atoms with E-state index < -0.39 is 12.8 Å². The van der Waals surface area contributed by atoms with Crippen molar-refractivity contribution in [3.63, 3.8) is 0 Å². The minimum Gasteiger partial charge on any atom is -0.337 e. The van der Waals surface area contributed by atoms with Gasteiger partial charge in [0.25, 0.3) is 0 Å². The fraction of sp³-hybridized carbons (Fsp3) is 0.571. The molecule has 14 heavy (non-hydrogen) atoms. The van der Waals surface area contributed by atoms with E-state index in [1.165, 1.54) is 0 Å². The third-order valence-electron chi connectivity index (χ3n) is 1.49. The lowest BCUT2D eigenvalue weighted by Crippen LogP contribution is -2.25. The zero-order valence-corrected chi connectivity index (χ0v) is 7.51. The molecule has 1 aromatic rings. The number of rotatable bonds is 4. The fourth-order valence-electron chi connectivity index (χ4n) is 0.815. The molecule has 0 aliphatic carbocycles. The molecule has 0 spiro atoms. The van der Waals surface area contributed by atoms with Crippen molar-refractivity contribution in [1.29, 1.82) is 0 Å². The second kappa shape index (κ2) is 4.43. The molecule has 80 valence electrons. The zero-order valence-electron chi connectivity index (χ0n) is 7.51. The number of imidazole rings is 1. The van der Waals surface area contributed by atoms with E-state index in [2.05, 4.69) is 15.3 Å². The number of nitrogens with one attached hydrogen (secondary N) is 1. The van der Waals surface area contributed by atoms with E-state index >= 15 is 0 Å². The van der Waals surface area contributed by atoms with Crippen molar-refractivity contribution >= 4 is 0 Å². The van der Waals surface area contributed by atoms with E-state index in [1.807, 2.05) is 0 Å². The fourth-order valence-corrected chi connectivity index (χ4v) is 0.815. The van der Waals surface area contributed by atoms with Gasteiger partial charge in [-0.2, -0.15) is 18.7 Å². The Morgan fingerprint density at radius 1 is 1.57 bits per heavy atom. The average Bonchev–Trinajstić information content (AvgIpc) is 2.44. The van der Waals surface area contributed by atoms with E-state index in [0.717, 1.165) is 0 Å². The quantitative estimate of drug-likeness (QED) is 0.594. The maximum atomic E-state index is 11.6. The van der Waals surface area contributed by atoms with Crippen molar-refractivity contribution in [3.05, 3.63) is 18.2 Å². The van der Waals surface area contributed by atoms with E-state index in [4.69, 9.17) is 0 Å². The zero-order chi connectivity index (χ0) is 10.6. The Morgan fingerprint density at radius 3 is 2.79 bits per heavy atom. The van der Waals surface area contributed by atoms with Gasteiger partial charge in [0.15, 0.2) is 6.61 Å². The van der Waals surface area contributed by atoms with Gasteiger partial charge in [0.05, 0.1) is 6.54 Å². The maximum absolute atomic E-state index is 11.6. The monoisotopic (exact) mass is 209 g/mol. The molecule has 0 saturated carbocycles. The molecule has 0 radical (unpaired) electrons. The van der Waals surface area contributed by atoms with Crippen molar-refractivity contribution in [2.24, 2.45) is 7.05 Å². The molecule has 0 unspecified atom stereocenters. The van der Waals surface area contributed by atoms with Crippen LogP contribution in [0.15, 0.2) is 12.4 Å². The molecule has 0 aliphatic heterocycles. The topological polar surface area (TPSA) is 39.1 Å². The minimum absolute atomic E-state index is 0.138. The highest BCUT2D eigenvalue weighted by Gasteiger charge is 2.27. The first-order chi connectivity index (χ1) is 6.49. The standard InChI is InChI=1S/C7H10F3N3O/c1-13-3-2-11-6(13)4-12-14-5-7(8,9)10/h2-3,12H,4-5H2,1H3. The SMILES string of the molecule is Cn1ccnc1CNOCC(F)(F)F. The molecule has 1 N–H and O–H groups in total. The van der Waals surface area contributed by atoms with Crippen LogP contribution in [0.3, 0.4) is 0 Å². The third-order valence-corrected chi connectivity index (χ3v) is 1.49. The van der Waals surface area contributed by atoms with Gasteiger partial charge in [-0.15, -0.1) is 0 Å². The summed E-state index contributed by atoms with van der Waals surface area (Å²) in [7, 11) is 1.74. The van der Waals surface area contributed by atoms with Crippen LogP contribution in [0.4, 0.5) is 13.2 Å². The summed E-state index contributed by atoms with van der Waals surface area (Å²) in [6.07, 6.45) is -1.06. The van der Waals surface area contributed by atoms with Crippen LogP contribution in [0.25, 0.3) is 0 Å². The molecule has 7 heteroatoms. The summed E-state index contributed by atoms with van der Waals surface area (Å²) in [4.78, 5) is 8.09. The van der Waals surface area contributed by atoms with Crippen LogP contribution < -0.4 is 5.48 Å². The molecule has 1 rings (SSSR count). The summed E-state index contributed by atoms with van der Waals surface area (Å²) >= 11 is 0. The Kier molecular flexibility index (Phi) is 3.48. The van der Waals surface area contributed by atoms with Crippen LogP contribution in [0, 0.1) is 0 Å². The maximum Gasteiger partial charge on any atom is 0.413 e. The molecule has 0 atom stereocenters. The lowest BCUT2D eigenvalue weighted by atomic mass is 10.6. The van der Waals surface area contributed by atoms with Gasteiger partial charge in [-0.3, -0.25) is 4.84 Å². The Morgan fingerprint density at radius 2 is 2.29 bits per heavy atom. The first-order valence-corrected chi connectivity index (χ1v) is 3.86. The Hall–Kier alpha value is -1.08. The lowest BCUT2D eigenvalue weighted by Gasteiger charge is -2.08. The number of hydroxylamine groups is 1. The molecule has 0 aliphatic rings. The first kappa shape index (κ1) is 11.0. The highest BCUT2D eigenvalue weighted by Crippen LogP contribution is 2.13. The third kappa shape index (κ3) is 3.75. The van der Waals surface area contributed by atoms with E-state index in [9.17, 15) is 13.2 Å². The summed E-state index contributed by atoms with van der Waals surface area (Å²) in [6.45, 7) is -1.17. The molecular formula is C7H10F3N3O. The minimum atomic E-state index is -4.31. The number of nitrogens with zero attached hydrogens (tertiary/aromatic N) is 2. The van der Waals surface area contributed by atoms with Gasteiger partial charge in [0.1, 0.15) is 5.82 Å². The summed E-state index contributed by atoms with van der Waals surface area (Å²) in [5.74, 6) is 0.604. The molecule has 0 saturated heterocycles. The van der Waals surface area contributed by atoms with Crippen molar-refractivity contribution < 1.29 is 18.0 Å². The van der Waals surface area contributed by atoms with Gasteiger partial charge in [0.2, 0.25) is 0 Å². The van der Waals surface area contributed by atoms with Gasteiger partial charge < -0.3 is 4.57 Å². The Bertz CT molecular complexity index is 284. The Labute approximate surface area is 78.6 Å². The number of aryl methyl sites for hydroxylation is 1. The highest BCUT2D eigenvalue weighted by molar-refractivity contribution is 4.89. The van der Waals surface area contributed by atoms with E-state index in [1.54, 1.807) is 24.0 Å². The van der Waals surface area contributed by atoms with Crippen LogP contribution in [0.2, 0.25) is 0 Å². The number of hydrogen-bond donors (Lipinski definition) is 1. The highest BCUT2D eigenvalue weighted by atomic mass is 19.4. The van der Waals surface area contributed by atoms with Crippen LogP contribution in [0.1, 0.15) is 5.82 Å². The lowest BCUT2D eigenvalue weighted by molar-refractivity contribution is -0.190. The summed E-state index contributed by atoms with van der Waals surface area (Å²) in [5.41, 5.74) is 2.18. The molecule has 0 amide bonds. The summed E-state index contributed by atoms with van der Waals surface area (Å²) in [6, 6.07) is 0. The molecular weight excluding hydrogens is 199 g/mol. The van der Waals surface area contributed by atoms with E-state index in [-0.39, 0.29) is 6.54 Å². The number of alkyl halides is 3. The second-order valence-electron chi connectivity index (χ2n) is 2.68. The van der Waals surface area contributed by atoms with Crippen molar-refractivity contribution in [2.45, 2.75) is 12.7 Å². The number of halogens is 3. The molecule has 1 heterocycles. The average molecular weight is 209 g/mol. The molecule has 1 aromatic heterocycles. The van der Waals surface area contributed by atoms with Gasteiger partial charge >= 0.3 is 6.18 Å². The predicted molar refractivity (Wildman–Crippen MR) is 42.1 cm³/mol. The first-order valence-electron chi connectivity index (χ1n) is 3.86.